The van der Waals surface area contributed by atoms with E-state index in [1.54, 1.807) is 30.3 Å². The predicted molar refractivity (Wildman–Crippen MR) is 176 cm³/mol. The molecule has 4 heterocycles. The third kappa shape index (κ3) is 5.43. The van der Waals surface area contributed by atoms with E-state index in [-0.39, 0.29) is 36.3 Å². The molecule has 0 N–H and O–H groups in total. The summed E-state index contributed by atoms with van der Waals surface area (Å²) in [6.07, 6.45) is 1.08. The largest absolute Gasteiger partial charge is 0.473 e. The number of carbonyl (C=O) groups excluding carboxylic acids is 1. The molecule has 10 heteroatoms. The van der Waals surface area contributed by atoms with Crippen LogP contribution in [0.2, 0.25) is 0 Å². The maximum Gasteiger partial charge on any atom is 0.337 e. The number of halogens is 2. The minimum absolute atomic E-state index is 0.00494. The van der Waals surface area contributed by atoms with Crippen LogP contribution in [0.4, 0.5) is 8.78 Å². The van der Waals surface area contributed by atoms with Gasteiger partial charge in [0.15, 0.2) is 0 Å². The number of rotatable bonds is 9. The van der Waals surface area contributed by atoms with Gasteiger partial charge in [-0.3, -0.25) is 0 Å². The summed E-state index contributed by atoms with van der Waals surface area (Å²) in [6, 6.07) is 26.0. The van der Waals surface area contributed by atoms with Crippen molar-refractivity contribution in [1.29, 1.82) is 0 Å². The first-order valence-electron chi connectivity index (χ1n) is 15.6. The average molecular weight is 646 g/mol. The van der Waals surface area contributed by atoms with Gasteiger partial charge in [-0.2, -0.15) is 0 Å². The van der Waals surface area contributed by atoms with Gasteiger partial charge in [-0.05, 0) is 48.4 Å². The number of pyridine rings is 1. The Balaban J connectivity index is 1.05. The van der Waals surface area contributed by atoms with Crippen LogP contribution in [0.5, 0.6) is 5.88 Å². The lowest BCUT2D eigenvalue weighted by Crippen LogP contribution is -2.31. The molecule has 48 heavy (non-hydrogen) atoms. The summed E-state index contributed by atoms with van der Waals surface area (Å²) in [7, 11) is 1.33. The highest BCUT2D eigenvalue weighted by molar-refractivity contribution is 6.05. The van der Waals surface area contributed by atoms with Crippen molar-refractivity contribution in [3.8, 4) is 17.1 Å². The molecule has 1 atom stereocenters. The highest BCUT2D eigenvalue weighted by Gasteiger charge is 2.23. The van der Waals surface area contributed by atoms with E-state index in [0.29, 0.717) is 35.6 Å². The molecule has 8 rings (SSSR count). The van der Waals surface area contributed by atoms with Gasteiger partial charge in [0.1, 0.15) is 40.9 Å². The van der Waals surface area contributed by atoms with E-state index in [4.69, 9.17) is 23.6 Å². The second kappa shape index (κ2) is 12.2. The highest BCUT2D eigenvalue weighted by Crippen LogP contribution is 2.32. The van der Waals surface area contributed by atoms with Crippen LogP contribution < -0.4 is 4.74 Å². The standard InChI is InChI=1S/C38H29F2N3O5/c1-45-38(44)24-11-13-31-32(18-24)43(20-26-15-16-46-26)34(41-31)19-22-9-10-23(17-30(22)40)36-29(39)12-14-35(42-36)47-21-25-5-4-7-28-27-6-2-3-8-33(27)48-37(25)28/h2-14,17-18,26H,15-16,19-21H2,1H3/t26-/m0/s1. The molecule has 0 bridgehead atoms. The Morgan fingerprint density at radius 2 is 1.77 bits per heavy atom. The second-order valence-corrected chi connectivity index (χ2v) is 11.8. The normalized spacial score (nSPS) is 14.4. The van der Waals surface area contributed by atoms with E-state index < -0.39 is 17.6 Å². The molecular formula is C38H29F2N3O5. The zero-order valence-corrected chi connectivity index (χ0v) is 25.9. The lowest BCUT2D eigenvalue weighted by Gasteiger charge is -2.27. The van der Waals surface area contributed by atoms with Crippen LogP contribution in [-0.2, 0) is 29.0 Å². The number of esters is 1. The van der Waals surface area contributed by atoms with E-state index in [0.717, 1.165) is 39.4 Å². The molecule has 3 aromatic heterocycles. The van der Waals surface area contributed by atoms with Gasteiger partial charge in [-0.1, -0.05) is 48.5 Å². The topological polar surface area (TPSA) is 88.6 Å². The summed E-state index contributed by atoms with van der Waals surface area (Å²) < 4.78 is 55.3. The van der Waals surface area contributed by atoms with Crippen LogP contribution in [0.25, 0.3) is 44.2 Å². The van der Waals surface area contributed by atoms with Crippen molar-refractivity contribution in [3.63, 3.8) is 0 Å². The molecule has 4 aromatic carbocycles. The number of hydrogen-bond donors (Lipinski definition) is 0. The van der Waals surface area contributed by atoms with Crippen LogP contribution >= 0.6 is 0 Å². The maximum atomic E-state index is 15.7. The molecule has 8 nitrogen and oxygen atoms in total. The Hall–Kier alpha value is -5.61. The Kier molecular flexibility index (Phi) is 7.57. The van der Waals surface area contributed by atoms with Crippen molar-refractivity contribution in [2.75, 3.05) is 13.7 Å². The number of para-hydroxylation sites is 2. The molecule has 0 aliphatic carbocycles. The molecule has 0 unspecified atom stereocenters. The Bertz CT molecular complexity index is 2340. The first-order valence-corrected chi connectivity index (χ1v) is 15.6. The SMILES string of the molecule is COC(=O)c1ccc2nc(Cc3ccc(-c4nc(OCc5cccc6c5oc5ccccc56)ccc4F)cc3F)n(C[C@@H]3CCO3)c2c1. The van der Waals surface area contributed by atoms with E-state index in [2.05, 4.69) is 4.98 Å². The summed E-state index contributed by atoms with van der Waals surface area (Å²) >= 11 is 0. The Morgan fingerprint density at radius 1 is 0.917 bits per heavy atom. The zero-order chi connectivity index (χ0) is 32.8. The van der Waals surface area contributed by atoms with Crippen molar-refractivity contribution >= 4 is 38.9 Å². The molecule has 240 valence electrons. The van der Waals surface area contributed by atoms with Gasteiger partial charge in [-0.15, -0.1) is 0 Å². The maximum absolute atomic E-state index is 15.7. The van der Waals surface area contributed by atoms with Crippen LogP contribution in [0.15, 0.2) is 95.4 Å². The summed E-state index contributed by atoms with van der Waals surface area (Å²) in [5.74, 6) is -0.759. The molecule has 0 radical (unpaired) electrons. The number of carbonyl (C=O) groups is 1. The first-order chi connectivity index (χ1) is 23.4. The van der Waals surface area contributed by atoms with Gasteiger partial charge in [0.25, 0.3) is 0 Å². The van der Waals surface area contributed by atoms with E-state index >= 15 is 8.78 Å². The fourth-order valence-corrected chi connectivity index (χ4v) is 6.17. The van der Waals surface area contributed by atoms with Crippen molar-refractivity contribution < 1.29 is 32.2 Å². The average Bonchev–Trinajstić information content (AvgIpc) is 3.64. The van der Waals surface area contributed by atoms with E-state index in [1.807, 2.05) is 47.0 Å². The number of ether oxygens (including phenoxy) is 3. The number of furan rings is 1. The van der Waals surface area contributed by atoms with Gasteiger partial charge in [0.05, 0.1) is 36.4 Å². The molecule has 7 aromatic rings. The predicted octanol–water partition coefficient (Wildman–Crippen LogP) is 8.02. The monoisotopic (exact) mass is 645 g/mol. The van der Waals surface area contributed by atoms with Gasteiger partial charge in [0, 0.05) is 41.0 Å². The summed E-state index contributed by atoms with van der Waals surface area (Å²) in [5.41, 5.74) is 4.76. The number of imidazole rings is 1. The van der Waals surface area contributed by atoms with E-state index in [1.165, 1.54) is 25.3 Å². The number of nitrogens with zero attached hydrogens (tertiary/aromatic N) is 3. The number of benzene rings is 4. The van der Waals surface area contributed by atoms with Gasteiger partial charge < -0.3 is 23.2 Å². The van der Waals surface area contributed by atoms with Crippen LogP contribution in [0, 0.1) is 11.6 Å². The summed E-state index contributed by atoms with van der Waals surface area (Å²) in [5, 5.41) is 1.99. The molecule has 0 spiro atoms. The van der Waals surface area contributed by atoms with E-state index in [9.17, 15) is 4.79 Å². The van der Waals surface area contributed by atoms with Crippen LogP contribution in [0.3, 0.4) is 0 Å². The van der Waals surface area contributed by atoms with Crippen molar-refractivity contribution in [1.82, 2.24) is 14.5 Å². The molecule has 0 amide bonds. The second-order valence-electron chi connectivity index (χ2n) is 11.8. The number of hydrogen-bond acceptors (Lipinski definition) is 7. The van der Waals surface area contributed by atoms with Crippen LogP contribution in [-0.4, -0.2) is 40.3 Å². The first kappa shape index (κ1) is 29.8. The van der Waals surface area contributed by atoms with Gasteiger partial charge >= 0.3 is 5.97 Å². The molecule has 1 fully saturated rings. The molecule has 0 saturated carbocycles. The minimum atomic E-state index is -0.599. The smallest absolute Gasteiger partial charge is 0.337 e. The van der Waals surface area contributed by atoms with Crippen LogP contribution in [0.1, 0.15) is 33.7 Å². The number of methoxy groups -OCH3 is 1. The summed E-state index contributed by atoms with van der Waals surface area (Å²) in [4.78, 5) is 21.4. The Morgan fingerprint density at radius 3 is 2.58 bits per heavy atom. The van der Waals surface area contributed by atoms with Gasteiger partial charge in [0.2, 0.25) is 5.88 Å². The number of fused-ring (bicyclic) bond motifs is 4. The lowest BCUT2D eigenvalue weighted by molar-refractivity contribution is -0.0589. The third-order valence-electron chi connectivity index (χ3n) is 8.78. The fraction of sp³-hybridized carbons (Fsp3) is 0.184. The molecule has 1 saturated heterocycles. The summed E-state index contributed by atoms with van der Waals surface area (Å²) in [6.45, 7) is 1.35. The fourth-order valence-electron chi connectivity index (χ4n) is 6.17. The molecule has 1 aliphatic heterocycles. The third-order valence-corrected chi connectivity index (χ3v) is 8.78. The van der Waals surface area contributed by atoms with Gasteiger partial charge in [-0.25, -0.2) is 23.5 Å². The van der Waals surface area contributed by atoms with Crippen molar-refractivity contribution in [2.45, 2.75) is 32.1 Å². The van der Waals surface area contributed by atoms with Crippen molar-refractivity contribution in [2.24, 2.45) is 0 Å². The minimum Gasteiger partial charge on any atom is -0.473 e. The molecular weight excluding hydrogens is 616 g/mol. The highest BCUT2D eigenvalue weighted by atomic mass is 19.1. The van der Waals surface area contributed by atoms with Crippen molar-refractivity contribution in [3.05, 3.63) is 125 Å². The Labute approximate surface area is 273 Å². The number of aromatic nitrogens is 3. The quantitative estimate of drug-likeness (QED) is 0.147. The zero-order valence-electron chi connectivity index (χ0n) is 25.9. The lowest BCUT2D eigenvalue weighted by atomic mass is 10.0. The molecule has 1 aliphatic rings.